The second-order valence-electron chi connectivity index (χ2n) is 6.25. The number of carbonyl (C=O) groups is 1. The van der Waals surface area contributed by atoms with Gasteiger partial charge in [-0.25, -0.2) is 9.18 Å². The van der Waals surface area contributed by atoms with Gasteiger partial charge < -0.3 is 10.2 Å². The van der Waals surface area contributed by atoms with Crippen molar-refractivity contribution in [2.75, 3.05) is 13.1 Å². The van der Waals surface area contributed by atoms with E-state index < -0.39 is 12.1 Å². The third-order valence-electron chi connectivity index (χ3n) is 4.57. The van der Waals surface area contributed by atoms with Crippen molar-refractivity contribution in [3.05, 3.63) is 71.0 Å². The van der Waals surface area contributed by atoms with Crippen molar-refractivity contribution < 1.29 is 19.4 Å². The Hall–Kier alpha value is -2.24. The number of aliphatic hydroxyl groups excluding tert-OH is 1. The highest BCUT2D eigenvalue weighted by atomic mass is 19.1. The number of carboxylic acids is 1. The lowest BCUT2D eigenvalue weighted by molar-refractivity contribution is 0.0476. The van der Waals surface area contributed by atoms with E-state index in [-0.39, 0.29) is 17.3 Å². The highest BCUT2D eigenvalue weighted by Crippen LogP contribution is 2.29. The summed E-state index contributed by atoms with van der Waals surface area (Å²) < 4.78 is 13.0. The van der Waals surface area contributed by atoms with Crippen molar-refractivity contribution in [1.82, 2.24) is 4.90 Å². The van der Waals surface area contributed by atoms with E-state index in [9.17, 15) is 14.3 Å². The molecule has 0 amide bonds. The SMILES string of the molecule is O=C(O)c1ccc(CN2CC[C@@H](c3ccc(F)cc3)[C@H](O)C2)cc1. The Morgan fingerprint density at radius 1 is 1.12 bits per heavy atom. The Kier molecular flexibility index (Phi) is 4.92. The molecule has 1 aliphatic heterocycles. The third-order valence-corrected chi connectivity index (χ3v) is 4.57. The molecule has 0 saturated carbocycles. The van der Waals surface area contributed by atoms with Crippen molar-refractivity contribution in [2.45, 2.75) is 25.0 Å². The molecule has 2 N–H and O–H groups in total. The van der Waals surface area contributed by atoms with Crippen LogP contribution in [0, 0.1) is 5.82 Å². The zero-order valence-corrected chi connectivity index (χ0v) is 13.2. The first-order chi connectivity index (χ1) is 11.5. The molecule has 0 aliphatic carbocycles. The van der Waals surface area contributed by atoms with Crippen LogP contribution in [0.4, 0.5) is 4.39 Å². The molecule has 1 saturated heterocycles. The van der Waals surface area contributed by atoms with Gasteiger partial charge in [-0.3, -0.25) is 4.90 Å². The van der Waals surface area contributed by atoms with Gasteiger partial charge in [-0.05, 0) is 48.4 Å². The molecule has 1 heterocycles. The topological polar surface area (TPSA) is 60.8 Å². The van der Waals surface area contributed by atoms with Crippen molar-refractivity contribution in [1.29, 1.82) is 0 Å². The van der Waals surface area contributed by atoms with E-state index in [4.69, 9.17) is 5.11 Å². The number of β-amino-alcohol motifs (C(OH)–C–C–N with tert-alkyl or cyclic N) is 1. The second-order valence-corrected chi connectivity index (χ2v) is 6.25. The normalized spacial score (nSPS) is 21.6. The van der Waals surface area contributed by atoms with Gasteiger partial charge in [0, 0.05) is 19.0 Å². The fourth-order valence-electron chi connectivity index (χ4n) is 3.25. The molecule has 2 atom stereocenters. The van der Waals surface area contributed by atoms with Gasteiger partial charge in [0.2, 0.25) is 0 Å². The minimum Gasteiger partial charge on any atom is -0.478 e. The summed E-state index contributed by atoms with van der Waals surface area (Å²) in [7, 11) is 0. The van der Waals surface area contributed by atoms with Crippen molar-refractivity contribution in [3.63, 3.8) is 0 Å². The van der Waals surface area contributed by atoms with Crippen molar-refractivity contribution in [3.8, 4) is 0 Å². The van der Waals surface area contributed by atoms with E-state index in [1.807, 2.05) is 12.1 Å². The molecule has 2 aromatic rings. The maximum atomic E-state index is 13.0. The fraction of sp³-hybridized carbons (Fsp3) is 0.316. The van der Waals surface area contributed by atoms with Gasteiger partial charge in [0.1, 0.15) is 5.82 Å². The Morgan fingerprint density at radius 2 is 1.79 bits per heavy atom. The quantitative estimate of drug-likeness (QED) is 0.905. The number of hydrogen-bond acceptors (Lipinski definition) is 3. The average Bonchev–Trinajstić information content (AvgIpc) is 2.57. The lowest BCUT2D eigenvalue weighted by Crippen LogP contribution is -2.42. The van der Waals surface area contributed by atoms with E-state index in [0.717, 1.165) is 24.1 Å². The summed E-state index contributed by atoms with van der Waals surface area (Å²) >= 11 is 0. The molecule has 1 fully saturated rings. The molecular formula is C19H20FNO3. The summed E-state index contributed by atoms with van der Waals surface area (Å²) in [5, 5.41) is 19.4. The first kappa shape index (κ1) is 16.6. The average molecular weight is 329 g/mol. The minimum absolute atomic E-state index is 0.0243. The van der Waals surface area contributed by atoms with E-state index in [0.29, 0.717) is 13.1 Å². The Balaban J connectivity index is 1.60. The zero-order chi connectivity index (χ0) is 17.1. The Labute approximate surface area is 140 Å². The number of aromatic carboxylic acids is 1. The maximum absolute atomic E-state index is 13.0. The number of nitrogens with zero attached hydrogens (tertiary/aromatic N) is 1. The fourth-order valence-corrected chi connectivity index (χ4v) is 3.25. The molecule has 5 heteroatoms. The molecule has 24 heavy (non-hydrogen) atoms. The largest absolute Gasteiger partial charge is 0.478 e. The summed E-state index contributed by atoms with van der Waals surface area (Å²) in [5.74, 6) is -1.18. The highest BCUT2D eigenvalue weighted by molar-refractivity contribution is 5.87. The Morgan fingerprint density at radius 3 is 2.38 bits per heavy atom. The van der Waals surface area contributed by atoms with Crippen LogP contribution >= 0.6 is 0 Å². The number of carboxylic acid groups (broad SMARTS) is 1. The summed E-state index contributed by atoms with van der Waals surface area (Å²) in [6.45, 7) is 2.05. The lowest BCUT2D eigenvalue weighted by atomic mass is 9.87. The molecule has 0 spiro atoms. The van der Waals surface area contributed by atoms with Gasteiger partial charge in [-0.1, -0.05) is 24.3 Å². The Bertz CT molecular complexity index is 700. The van der Waals surface area contributed by atoms with Gasteiger partial charge in [-0.2, -0.15) is 0 Å². The first-order valence-corrected chi connectivity index (χ1v) is 8.01. The number of benzene rings is 2. The van der Waals surface area contributed by atoms with E-state index in [1.165, 1.54) is 12.1 Å². The number of piperidine rings is 1. The lowest BCUT2D eigenvalue weighted by Gasteiger charge is -2.36. The van der Waals surface area contributed by atoms with Gasteiger partial charge >= 0.3 is 5.97 Å². The molecule has 1 aliphatic rings. The number of likely N-dealkylation sites (tertiary alicyclic amines) is 1. The van der Waals surface area contributed by atoms with E-state index in [2.05, 4.69) is 4.90 Å². The second kappa shape index (κ2) is 7.11. The molecule has 2 aromatic carbocycles. The first-order valence-electron chi connectivity index (χ1n) is 8.01. The summed E-state index contributed by atoms with van der Waals surface area (Å²) in [6, 6.07) is 13.1. The van der Waals surface area contributed by atoms with Crippen molar-refractivity contribution in [2.24, 2.45) is 0 Å². The van der Waals surface area contributed by atoms with Crippen LogP contribution in [-0.4, -0.2) is 40.3 Å². The van der Waals surface area contributed by atoms with Crippen LogP contribution in [0.25, 0.3) is 0 Å². The standard InChI is InChI=1S/C19H20FNO3/c20-16-7-5-14(6-8-16)17-9-10-21(12-18(17)22)11-13-1-3-15(4-2-13)19(23)24/h1-8,17-18,22H,9-12H2,(H,23,24)/t17-,18+/m0/s1. The molecule has 0 unspecified atom stereocenters. The van der Waals surface area contributed by atoms with Gasteiger partial charge in [0.05, 0.1) is 11.7 Å². The number of hydrogen-bond donors (Lipinski definition) is 2. The maximum Gasteiger partial charge on any atom is 0.335 e. The van der Waals surface area contributed by atoms with Crippen LogP contribution in [0.3, 0.4) is 0 Å². The third kappa shape index (κ3) is 3.80. The van der Waals surface area contributed by atoms with Crippen LogP contribution in [0.15, 0.2) is 48.5 Å². The van der Waals surface area contributed by atoms with Crippen LogP contribution in [-0.2, 0) is 6.54 Å². The molecule has 0 aromatic heterocycles. The van der Waals surface area contributed by atoms with E-state index in [1.54, 1.807) is 24.3 Å². The smallest absolute Gasteiger partial charge is 0.335 e. The minimum atomic E-state index is -0.933. The number of halogens is 1. The summed E-state index contributed by atoms with van der Waals surface area (Å²) in [4.78, 5) is 13.0. The number of aliphatic hydroxyl groups is 1. The highest BCUT2D eigenvalue weighted by Gasteiger charge is 2.28. The molecule has 3 rings (SSSR count). The van der Waals surface area contributed by atoms with Crippen LogP contribution in [0.2, 0.25) is 0 Å². The zero-order valence-electron chi connectivity index (χ0n) is 13.2. The van der Waals surface area contributed by atoms with Gasteiger partial charge in [-0.15, -0.1) is 0 Å². The van der Waals surface area contributed by atoms with Gasteiger partial charge in [0.25, 0.3) is 0 Å². The molecule has 0 radical (unpaired) electrons. The molecule has 0 bridgehead atoms. The van der Waals surface area contributed by atoms with Crippen LogP contribution in [0.5, 0.6) is 0 Å². The number of rotatable bonds is 4. The summed E-state index contributed by atoms with van der Waals surface area (Å²) in [6.07, 6.45) is 0.308. The summed E-state index contributed by atoms with van der Waals surface area (Å²) in [5.41, 5.74) is 2.26. The monoisotopic (exact) mass is 329 g/mol. The molecular weight excluding hydrogens is 309 g/mol. The van der Waals surface area contributed by atoms with Crippen LogP contribution in [0.1, 0.15) is 33.8 Å². The van der Waals surface area contributed by atoms with Gasteiger partial charge in [0.15, 0.2) is 0 Å². The predicted octanol–water partition coefficient (Wildman–Crippen LogP) is 2.87. The van der Waals surface area contributed by atoms with Crippen molar-refractivity contribution >= 4 is 5.97 Å². The van der Waals surface area contributed by atoms with E-state index >= 15 is 0 Å². The molecule has 4 nitrogen and oxygen atoms in total. The molecule has 126 valence electrons. The van der Waals surface area contributed by atoms with Crippen LogP contribution < -0.4 is 0 Å². The predicted molar refractivity (Wildman–Crippen MR) is 88.4 cm³/mol.